The van der Waals surface area contributed by atoms with E-state index in [-0.39, 0.29) is 0 Å². The van der Waals surface area contributed by atoms with Gasteiger partial charge in [-0.2, -0.15) is 10.4 Å². The summed E-state index contributed by atoms with van der Waals surface area (Å²) in [5, 5.41) is 13.8. The molecule has 2 aromatic carbocycles. The van der Waals surface area contributed by atoms with Crippen molar-refractivity contribution in [2.24, 2.45) is 7.05 Å². The second-order valence-corrected chi connectivity index (χ2v) is 8.45. The first-order valence-corrected chi connectivity index (χ1v) is 11.7. The van der Waals surface area contributed by atoms with Crippen molar-refractivity contribution < 1.29 is 9.47 Å². The fourth-order valence-electron chi connectivity index (χ4n) is 4.19. The Kier molecular flexibility index (Phi) is 6.64. The van der Waals surface area contributed by atoms with E-state index in [9.17, 15) is 5.26 Å². The molecule has 9 nitrogen and oxygen atoms in total. The summed E-state index contributed by atoms with van der Waals surface area (Å²) >= 11 is 0. The zero-order chi connectivity index (χ0) is 25.8. The maximum absolute atomic E-state index is 9.54. The van der Waals surface area contributed by atoms with Crippen LogP contribution >= 0.6 is 0 Å². The molecule has 0 N–H and O–H groups in total. The van der Waals surface area contributed by atoms with Crippen LogP contribution in [-0.4, -0.2) is 45.5 Å². The summed E-state index contributed by atoms with van der Waals surface area (Å²) in [6, 6.07) is 15.9. The third-order valence-corrected chi connectivity index (χ3v) is 6.12. The van der Waals surface area contributed by atoms with Crippen LogP contribution in [0.1, 0.15) is 11.1 Å². The van der Waals surface area contributed by atoms with Crippen LogP contribution < -0.4 is 14.4 Å². The average molecular weight is 492 g/mol. The number of hydrogen-bond donors (Lipinski definition) is 0. The van der Waals surface area contributed by atoms with E-state index in [0.29, 0.717) is 30.0 Å². The number of rotatable bonds is 8. The number of ether oxygens (including phenoxy) is 2. The Labute approximate surface area is 214 Å². The molecule has 0 saturated carbocycles. The van der Waals surface area contributed by atoms with Gasteiger partial charge in [0, 0.05) is 67.3 Å². The molecule has 3 aromatic heterocycles. The highest BCUT2D eigenvalue weighted by atomic mass is 16.5. The Bertz CT molecular complexity index is 1580. The summed E-state index contributed by atoms with van der Waals surface area (Å²) in [5.74, 6) is 1.36. The van der Waals surface area contributed by atoms with Crippen LogP contribution in [0.4, 0.5) is 11.4 Å². The molecule has 5 aromatic rings. The van der Waals surface area contributed by atoms with E-state index in [1.54, 1.807) is 43.7 Å². The zero-order valence-corrected chi connectivity index (χ0v) is 20.8. The van der Waals surface area contributed by atoms with Crippen LogP contribution in [0.15, 0.2) is 73.4 Å². The Morgan fingerprint density at radius 3 is 2.46 bits per heavy atom. The molecule has 0 radical (unpaired) electrons. The van der Waals surface area contributed by atoms with Crippen molar-refractivity contribution in [3.63, 3.8) is 0 Å². The Balaban J connectivity index is 1.58. The lowest BCUT2D eigenvalue weighted by atomic mass is 10.1. The van der Waals surface area contributed by atoms with Crippen molar-refractivity contribution in [2.45, 2.75) is 6.42 Å². The van der Waals surface area contributed by atoms with Crippen LogP contribution in [0, 0.1) is 11.3 Å². The minimum atomic E-state index is 0.566. The predicted octanol–water partition coefficient (Wildman–Crippen LogP) is 4.69. The van der Waals surface area contributed by atoms with Crippen LogP contribution in [0.2, 0.25) is 0 Å². The first-order chi connectivity index (χ1) is 18.1. The van der Waals surface area contributed by atoms with E-state index in [2.05, 4.69) is 26.0 Å². The van der Waals surface area contributed by atoms with E-state index in [1.165, 1.54) is 0 Å². The molecule has 9 heteroatoms. The molecule has 0 amide bonds. The standard InChI is InChI=1S/C28H25N7O2/c1-34-18-21(16-32-34)28-17-31-26-5-4-22(12-27(26)33-28)35(9-7-19-6-8-30-15-20(19)14-29)23-10-24(36-2)13-25(11-23)37-3/h4-6,8,10-13,15-18H,7,9H2,1-3H3. The van der Waals surface area contributed by atoms with Gasteiger partial charge in [0.05, 0.1) is 48.9 Å². The van der Waals surface area contributed by atoms with Gasteiger partial charge < -0.3 is 14.4 Å². The lowest BCUT2D eigenvalue weighted by Gasteiger charge is -2.26. The SMILES string of the molecule is COc1cc(OC)cc(N(CCc2ccncc2C#N)c2ccc3ncc(-c4cnn(C)c4)nc3c2)c1. The average Bonchev–Trinajstić information content (AvgIpc) is 3.38. The van der Waals surface area contributed by atoms with E-state index < -0.39 is 0 Å². The van der Waals surface area contributed by atoms with Gasteiger partial charge in [0.2, 0.25) is 0 Å². The van der Waals surface area contributed by atoms with E-state index in [0.717, 1.165) is 39.2 Å². The lowest BCUT2D eigenvalue weighted by molar-refractivity contribution is 0.394. The fraction of sp³-hybridized carbons (Fsp3) is 0.179. The summed E-state index contributed by atoms with van der Waals surface area (Å²) in [4.78, 5) is 15.7. The molecule has 0 aliphatic carbocycles. The number of aryl methyl sites for hydroxylation is 1. The van der Waals surface area contributed by atoms with E-state index in [4.69, 9.17) is 14.5 Å². The molecule has 0 unspecified atom stereocenters. The number of nitrogens with zero attached hydrogens (tertiary/aromatic N) is 7. The van der Waals surface area contributed by atoms with Gasteiger partial charge in [-0.1, -0.05) is 0 Å². The van der Waals surface area contributed by atoms with Crippen molar-refractivity contribution in [3.8, 4) is 28.8 Å². The topological polar surface area (TPSA) is 102 Å². The smallest absolute Gasteiger partial charge is 0.124 e. The molecule has 0 saturated heterocycles. The molecule has 3 heterocycles. The second-order valence-electron chi connectivity index (χ2n) is 8.45. The van der Waals surface area contributed by atoms with Gasteiger partial charge in [-0.3, -0.25) is 14.6 Å². The third-order valence-electron chi connectivity index (χ3n) is 6.12. The van der Waals surface area contributed by atoms with E-state index in [1.807, 2.05) is 55.7 Å². The molecular weight excluding hydrogens is 466 g/mol. The Morgan fingerprint density at radius 2 is 1.76 bits per heavy atom. The number of nitriles is 1. The minimum Gasteiger partial charge on any atom is -0.497 e. The van der Waals surface area contributed by atoms with Crippen molar-refractivity contribution in [3.05, 3.63) is 84.6 Å². The van der Waals surface area contributed by atoms with Crippen LogP contribution in [0.3, 0.4) is 0 Å². The van der Waals surface area contributed by atoms with Crippen molar-refractivity contribution >= 4 is 22.4 Å². The molecule has 0 bridgehead atoms. The van der Waals surface area contributed by atoms with Crippen LogP contribution in [0.5, 0.6) is 11.5 Å². The fourth-order valence-corrected chi connectivity index (χ4v) is 4.19. The number of aromatic nitrogens is 5. The quantitative estimate of drug-likeness (QED) is 0.308. The molecule has 0 spiro atoms. The Hall–Kier alpha value is -4.97. The van der Waals surface area contributed by atoms with Crippen LogP contribution in [0.25, 0.3) is 22.3 Å². The van der Waals surface area contributed by atoms with Gasteiger partial charge in [-0.25, -0.2) is 4.98 Å². The van der Waals surface area contributed by atoms with Crippen molar-refractivity contribution in [1.82, 2.24) is 24.7 Å². The number of pyridine rings is 1. The highest BCUT2D eigenvalue weighted by Gasteiger charge is 2.16. The maximum Gasteiger partial charge on any atom is 0.124 e. The maximum atomic E-state index is 9.54. The van der Waals surface area contributed by atoms with Gasteiger partial charge in [0.15, 0.2) is 0 Å². The molecular formula is C28H25N7O2. The first-order valence-electron chi connectivity index (χ1n) is 11.7. The first kappa shape index (κ1) is 23.8. The summed E-state index contributed by atoms with van der Waals surface area (Å²) in [5.41, 5.74) is 6.52. The van der Waals surface area contributed by atoms with Crippen molar-refractivity contribution in [2.75, 3.05) is 25.7 Å². The monoisotopic (exact) mass is 491 g/mol. The summed E-state index contributed by atoms with van der Waals surface area (Å²) in [7, 11) is 5.13. The summed E-state index contributed by atoms with van der Waals surface area (Å²) < 4.78 is 12.8. The van der Waals surface area contributed by atoms with Gasteiger partial charge in [0.25, 0.3) is 0 Å². The number of anilines is 2. The number of benzene rings is 2. The highest BCUT2D eigenvalue weighted by molar-refractivity contribution is 5.82. The zero-order valence-electron chi connectivity index (χ0n) is 20.8. The number of fused-ring (bicyclic) bond motifs is 1. The van der Waals surface area contributed by atoms with Crippen LogP contribution in [-0.2, 0) is 13.5 Å². The molecule has 184 valence electrons. The minimum absolute atomic E-state index is 0.566. The summed E-state index contributed by atoms with van der Waals surface area (Å²) in [6.07, 6.45) is 9.38. The number of hydrogen-bond acceptors (Lipinski definition) is 8. The van der Waals surface area contributed by atoms with E-state index >= 15 is 0 Å². The second kappa shape index (κ2) is 10.3. The number of methoxy groups -OCH3 is 2. The molecule has 0 atom stereocenters. The van der Waals surface area contributed by atoms with Gasteiger partial charge in [-0.15, -0.1) is 0 Å². The predicted molar refractivity (Wildman–Crippen MR) is 141 cm³/mol. The highest BCUT2D eigenvalue weighted by Crippen LogP contribution is 2.34. The normalized spacial score (nSPS) is 10.8. The molecule has 5 rings (SSSR count). The van der Waals surface area contributed by atoms with Gasteiger partial charge >= 0.3 is 0 Å². The molecule has 0 aliphatic heterocycles. The molecule has 37 heavy (non-hydrogen) atoms. The van der Waals surface area contributed by atoms with Crippen molar-refractivity contribution in [1.29, 1.82) is 5.26 Å². The largest absolute Gasteiger partial charge is 0.497 e. The molecule has 0 fully saturated rings. The lowest BCUT2D eigenvalue weighted by Crippen LogP contribution is -2.21. The summed E-state index contributed by atoms with van der Waals surface area (Å²) in [6.45, 7) is 0.593. The van der Waals surface area contributed by atoms with Gasteiger partial charge in [-0.05, 0) is 36.2 Å². The third kappa shape index (κ3) is 5.04. The molecule has 0 aliphatic rings. The van der Waals surface area contributed by atoms with Gasteiger partial charge in [0.1, 0.15) is 17.6 Å². The Morgan fingerprint density at radius 1 is 0.946 bits per heavy atom.